The number of unbranched alkanes of at least 4 members (excludes halogenated alkanes) is 1. The highest BCUT2D eigenvalue weighted by Crippen LogP contribution is 1.96. The second-order valence-electron chi connectivity index (χ2n) is 2.26. The van der Waals surface area contributed by atoms with Crippen LogP contribution in [0.5, 0.6) is 0 Å². The molecule has 0 N–H and O–H groups in total. The molecule has 0 aromatic carbocycles. The van der Waals surface area contributed by atoms with Crippen LogP contribution in [-0.4, -0.2) is 18.9 Å². The Labute approximate surface area is 71.1 Å². The normalized spacial score (nSPS) is 11.3. The average Bonchev–Trinajstić information content (AvgIpc) is 2.07. The molecule has 0 heterocycles. The predicted octanol–water partition coefficient (Wildman–Crippen LogP) is 0.668. The Morgan fingerprint density at radius 2 is 2.42 bits per heavy atom. The summed E-state index contributed by atoms with van der Waals surface area (Å²) in [5, 5.41) is 8.27. The second kappa shape index (κ2) is 6.35. The molecule has 0 amide bonds. The van der Waals surface area contributed by atoms with Crippen molar-refractivity contribution in [3.05, 3.63) is 0 Å². The maximum absolute atomic E-state index is 10.8. The molecule has 0 aromatic heterocycles. The van der Waals surface area contributed by atoms with Crippen LogP contribution in [0.25, 0.3) is 0 Å². The van der Waals surface area contributed by atoms with E-state index in [1.165, 1.54) is 6.07 Å². The monoisotopic (exact) mass is 169 g/mol. The van der Waals surface area contributed by atoms with E-state index < -0.39 is 11.9 Å². The highest BCUT2D eigenvalue weighted by atomic mass is 16.5. The lowest BCUT2D eigenvalue weighted by Crippen LogP contribution is -2.17. The largest absolute Gasteiger partial charge is 0.464 e. The van der Waals surface area contributed by atoms with Crippen molar-refractivity contribution >= 4 is 12.3 Å². The predicted molar refractivity (Wildman–Crippen MR) is 41.0 cm³/mol. The third-order valence-electron chi connectivity index (χ3n) is 1.27. The Morgan fingerprint density at radius 1 is 1.75 bits per heavy atom. The first-order valence-corrected chi connectivity index (χ1v) is 3.77. The summed E-state index contributed by atoms with van der Waals surface area (Å²) >= 11 is 0. The molecular weight excluding hydrogens is 158 g/mol. The minimum absolute atomic E-state index is 0.279. The summed E-state index contributed by atoms with van der Waals surface area (Å²) in [4.78, 5) is 20.9. The Hall–Kier alpha value is -1.37. The molecule has 0 aromatic rings. The zero-order chi connectivity index (χ0) is 9.40. The number of carbonyl (C=O) groups is 2. The number of rotatable bonds is 5. The Bertz CT molecular complexity index is 195. The van der Waals surface area contributed by atoms with Gasteiger partial charge >= 0.3 is 5.97 Å². The number of aldehydes is 1. The molecule has 0 saturated heterocycles. The lowest BCUT2D eigenvalue weighted by atomic mass is 10.2. The van der Waals surface area contributed by atoms with Gasteiger partial charge in [0.05, 0.1) is 12.7 Å². The highest BCUT2D eigenvalue weighted by Gasteiger charge is 2.17. The van der Waals surface area contributed by atoms with Crippen molar-refractivity contribution < 1.29 is 14.3 Å². The molecule has 0 fully saturated rings. The quantitative estimate of drug-likeness (QED) is 0.262. The lowest BCUT2D eigenvalue weighted by molar-refractivity contribution is -0.147. The maximum atomic E-state index is 10.8. The van der Waals surface area contributed by atoms with E-state index in [0.717, 1.165) is 12.8 Å². The van der Waals surface area contributed by atoms with Gasteiger partial charge < -0.3 is 9.53 Å². The van der Waals surface area contributed by atoms with Gasteiger partial charge in [0.2, 0.25) is 0 Å². The molecule has 0 spiro atoms. The van der Waals surface area contributed by atoms with Crippen LogP contribution >= 0.6 is 0 Å². The number of hydrogen-bond acceptors (Lipinski definition) is 4. The van der Waals surface area contributed by atoms with Gasteiger partial charge in [-0.15, -0.1) is 0 Å². The molecule has 0 aliphatic carbocycles. The molecule has 66 valence electrons. The first-order chi connectivity index (χ1) is 5.76. The van der Waals surface area contributed by atoms with E-state index >= 15 is 0 Å². The van der Waals surface area contributed by atoms with Crippen molar-refractivity contribution in [3.8, 4) is 6.07 Å². The van der Waals surface area contributed by atoms with E-state index in [0.29, 0.717) is 0 Å². The van der Waals surface area contributed by atoms with Gasteiger partial charge in [-0.3, -0.25) is 4.79 Å². The van der Waals surface area contributed by atoms with Gasteiger partial charge in [0.15, 0.2) is 5.92 Å². The zero-order valence-corrected chi connectivity index (χ0v) is 6.95. The fraction of sp³-hybridized carbons (Fsp3) is 0.625. The van der Waals surface area contributed by atoms with Crippen molar-refractivity contribution in [2.24, 2.45) is 5.92 Å². The number of hydrogen-bond donors (Lipinski definition) is 0. The SMILES string of the molecule is CCCCOC(=O)C(C#N)C=O. The van der Waals surface area contributed by atoms with Crippen LogP contribution in [0.4, 0.5) is 0 Å². The zero-order valence-electron chi connectivity index (χ0n) is 6.95. The Balaban J connectivity index is 3.71. The first-order valence-electron chi connectivity index (χ1n) is 3.77. The van der Waals surface area contributed by atoms with Crippen LogP contribution in [0.1, 0.15) is 19.8 Å². The molecule has 0 saturated carbocycles. The molecule has 1 unspecified atom stereocenters. The molecular formula is C8H11NO3. The smallest absolute Gasteiger partial charge is 0.330 e. The van der Waals surface area contributed by atoms with Gasteiger partial charge in [0, 0.05) is 0 Å². The van der Waals surface area contributed by atoms with E-state index in [4.69, 9.17) is 5.26 Å². The van der Waals surface area contributed by atoms with Crippen molar-refractivity contribution in [1.82, 2.24) is 0 Å². The van der Waals surface area contributed by atoms with Crippen molar-refractivity contribution in [2.45, 2.75) is 19.8 Å². The maximum Gasteiger partial charge on any atom is 0.330 e. The molecule has 1 atom stereocenters. The summed E-state index contributed by atoms with van der Waals surface area (Å²) in [6.07, 6.45) is 1.95. The van der Waals surface area contributed by atoms with Crippen LogP contribution in [0.3, 0.4) is 0 Å². The van der Waals surface area contributed by atoms with Crippen LogP contribution in [0, 0.1) is 17.2 Å². The van der Waals surface area contributed by atoms with E-state index in [9.17, 15) is 9.59 Å². The van der Waals surface area contributed by atoms with E-state index in [1.54, 1.807) is 0 Å². The minimum atomic E-state index is -1.26. The summed E-state index contributed by atoms with van der Waals surface area (Å²) in [5.41, 5.74) is 0. The average molecular weight is 169 g/mol. The minimum Gasteiger partial charge on any atom is -0.464 e. The number of carbonyl (C=O) groups excluding carboxylic acids is 2. The molecule has 0 aliphatic rings. The summed E-state index contributed by atoms with van der Waals surface area (Å²) < 4.78 is 4.63. The van der Waals surface area contributed by atoms with Gasteiger partial charge in [0.25, 0.3) is 0 Å². The van der Waals surface area contributed by atoms with E-state index in [1.807, 2.05) is 6.92 Å². The van der Waals surface area contributed by atoms with Gasteiger partial charge in [-0.25, -0.2) is 0 Å². The van der Waals surface area contributed by atoms with Gasteiger partial charge in [-0.05, 0) is 6.42 Å². The highest BCUT2D eigenvalue weighted by molar-refractivity contribution is 5.90. The van der Waals surface area contributed by atoms with Gasteiger partial charge in [-0.2, -0.15) is 5.26 Å². The molecule has 12 heavy (non-hydrogen) atoms. The fourth-order valence-electron chi connectivity index (χ4n) is 0.546. The van der Waals surface area contributed by atoms with Crippen LogP contribution in [0.15, 0.2) is 0 Å². The van der Waals surface area contributed by atoms with Crippen molar-refractivity contribution in [1.29, 1.82) is 5.26 Å². The topological polar surface area (TPSA) is 67.2 Å². The summed E-state index contributed by atoms with van der Waals surface area (Å²) in [5.74, 6) is -2.01. The Kier molecular flexibility index (Phi) is 5.62. The summed E-state index contributed by atoms with van der Waals surface area (Å²) in [7, 11) is 0. The van der Waals surface area contributed by atoms with Crippen LogP contribution in [0.2, 0.25) is 0 Å². The van der Waals surface area contributed by atoms with E-state index in [2.05, 4.69) is 4.74 Å². The lowest BCUT2D eigenvalue weighted by Gasteiger charge is -2.02. The molecule has 0 radical (unpaired) electrons. The molecule has 4 heteroatoms. The second-order valence-corrected chi connectivity index (χ2v) is 2.26. The van der Waals surface area contributed by atoms with Crippen LogP contribution in [-0.2, 0) is 14.3 Å². The fourth-order valence-corrected chi connectivity index (χ4v) is 0.546. The molecule has 4 nitrogen and oxygen atoms in total. The summed E-state index contributed by atoms with van der Waals surface area (Å²) in [6, 6.07) is 1.54. The molecule has 0 rings (SSSR count). The first kappa shape index (κ1) is 10.6. The number of nitriles is 1. The third kappa shape index (κ3) is 3.71. The molecule has 0 aliphatic heterocycles. The standard InChI is InChI=1S/C8H11NO3/c1-2-3-4-12-8(11)7(5-9)6-10/h6-7H,2-4H2,1H3. The van der Waals surface area contributed by atoms with Crippen molar-refractivity contribution in [2.75, 3.05) is 6.61 Å². The van der Waals surface area contributed by atoms with Gasteiger partial charge in [0.1, 0.15) is 6.29 Å². The van der Waals surface area contributed by atoms with Gasteiger partial charge in [-0.1, -0.05) is 13.3 Å². The number of esters is 1. The third-order valence-corrected chi connectivity index (χ3v) is 1.27. The number of nitrogens with zero attached hydrogens (tertiary/aromatic N) is 1. The van der Waals surface area contributed by atoms with E-state index in [-0.39, 0.29) is 12.9 Å². The van der Waals surface area contributed by atoms with Crippen molar-refractivity contribution in [3.63, 3.8) is 0 Å². The summed E-state index contributed by atoms with van der Waals surface area (Å²) in [6.45, 7) is 2.23. The van der Waals surface area contributed by atoms with Crippen LogP contribution < -0.4 is 0 Å². The molecule has 0 bridgehead atoms. The number of ether oxygens (including phenoxy) is 1. The Morgan fingerprint density at radius 3 is 2.83 bits per heavy atom.